The number of carbonyl (C=O) groups is 1. The van der Waals surface area contributed by atoms with E-state index in [4.69, 9.17) is 4.74 Å². The summed E-state index contributed by atoms with van der Waals surface area (Å²) in [5.74, 6) is 1.53. The Morgan fingerprint density at radius 2 is 1.96 bits per heavy atom. The summed E-state index contributed by atoms with van der Waals surface area (Å²) in [6, 6.07) is 15.6. The smallest absolute Gasteiger partial charge is 0.194 e. The number of thioether (sulfide) groups is 1. The van der Waals surface area contributed by atoms with Crippen molar-refractivity contribution in [2.24, 2.45) is 10.2 Å². The molecule has 2 aliphatic rings. The number of Topliss-reactive ketones (excluding diaryl/α,β-unsaturated/α-hetero) is 1. The molecule has 0 N–H and O–H groups in total. The summed E-state index contributed by atoms with van der Waals surface area (Å²) in [6.45, 7) is 0.556. The van der Waals surface area contributed by atoms with Crippen LogP contribution < -0.4 is 4.74 Å². The van der Waals surface area contributed by atoms with Gasteiger partial charge >= 0.3 is 0 Å². The fourth-order valence-corrected chi connectivity index (χ4v) is 4.54. The Kier molecular flexibility index (Phi) is 3.45. The van der Waals surface area contributed by atoms with Crippen molar-refractivity contribution in [2.75, 3.05) is 19.4 Å². The number of fused-ring (bicyclic) bond motifs is 1. The van der Waals surface area contributed by atoms with Crippen LogP contribution in [0.25, 0.3) is 0 Å². The highest BCUT2D eigenvalue weighted by Gasteiger charge is 2.52. The van der Waals surface area contributed by atoms with E-state index < -0.39 is 5.54 Å². The van der Waals surface area contributed by atoms with Gasteiger partial charge in [0, 0.05) is 22.1 Å². The van der Waals surface area contributed by atoms with Crippen LogP contribution in [0.4, 0.5) is 0 Å². The number of carbonyl (C=O) groups excluding carboxylic acids is 1. The van der Waals surface area contributed by atoms with Gasteiger partial charge in [0.2, 0.25) is 0 Å². The Morgan fingerprint density at radius 1 is 1.17 bits per heavy atom. The third-order valence-electron chi connectivity index (χ3n) is 4.58. The molecule has 2 aromatic carbocycles. The van der Waals surface area contributed by atoms with E-state index >= 15 is 0 Å². The number of benzene rings is 2. The van der Waals surface area contributed by atoms with Gasteiger partial charge in [-0.2, -0.15) is 10.2 Å². The van der Waals surface area contributed by atoms with Crippen LogP contribution in [-0.2, 0) is 0 Å². The van der Waals surface area contributed by atoms with Gasteiger partial charge in [0.15, 0.2) is 11.3 Å². The van der Waals surface area contributed by atoms with Crippen LogP contribution in [0.3, 0.4) is 0 Å². The third-order valence-corrected chi connectivity index (χ3v) is 5.83. The Morgan fingerprint density at radius 3 is 2.74 bits per heavy atom. The standard InChI is InChI=1S/C18H16N2O2S/c1-22-13-8-6-12(7-9-13)15-10-19-20-18(15)11-23-16-5-3-2-4-14(16)17(18)21/h2-9,15H,10-11H2,1H3/t15-,18+/m1/s1. The second kappa shape index (κ2) is 5.49. The number of ether oxygens (including phenoxy) is 1. The molecule has 23 heavy (non-hydrogen) atoms. The van der Waals surface area contributed by atoms with E-state index in [0.29, 0.717) is 12.3 Å². The molecule has 4 nitrogen and oxygen atoms in total. The molecular weight excluding hydrogens is 308 g/mol. The highest BCUT2D eigenvalue weighted by Crippen LogP contribution is 2.47. The number of ketones is 1. The molecule has 0 amide bonds. The molecule has 0 saturated heterocycles. The van der Waals surface area contributed by atoms with Crippen molar-refractivity contribution in [1.82, 2.24) is 0 Å². The van der Waals surface area contributed by atoms with E-state index in [0.717, 1.165) is 21.8 Å². The number of rotatable bonds is 2. The van der Waals surface area contributed by atoms with Crippen molar-refractivity contribution in [3.8, 4) is 5.75 Å². The van der Waals surface area contributed by atoms with Crippen molar-refractivity contribution < 1.29 is 9.53 Å². The summed E-state index contributed by atoms with van der Waals surface area (Å²) < 4.78 is 5.22. The number of hydrogen-bond donors (Lipinski definition) is 0. The van der Waals surface area contributed by atoms with Gasteiger partial charge in [0.1, 0.15) is 5.75 Å². The first-order valence-electron chi connectivity index (χ1n) is 7.54. The SMILES string of the molecule is COc1ccc([C@H]2CN=N[C@@]23CSc2ccccc2C3=O)cc1. The molecule has 0 aromatic heterocycles. The summed E-state index contributed by atoms with van der Waals surface area (Å²) in [6.07, 6.45) is 0. The van der Waals surface area contributed by atoms with Gasteiger partial charge in [-0.15, -0.1) is 11.8 Å². The Labute approximate surface area is 139 Å². The predicted octanol–water partition coefficient (Wildman–Crippen LogP) is 3.97. The zero-order chi connectivity index (χ0) is 15.9. The lowest BCUT2D eigenvalue weighted by molar-refractivity contribution is 0.0888. The van der Waals surface area contributed by atoms with Gasteiger partial charge in [0.25, 0.3) is 0 Å². The van der Waals surface area contributed by atoms with E-state index in [-0.39, 0.29) is 11.7 Å². The minimum Gasteiger partial charge on any atom is -0.497 e. The van der Waals surface area contributed by atoms with E-state index in [9.17, 15) is 4.79 Å². The molecule has 116 valence electrons. The van der Waals surface area contributed by atoms with Gasteiger partial charge in [0.05, 0.1) is 13.7 Å². The van der Waals surface area contributed by atoms with Crippen molar-refractivity contribution in [3.63, 3.8) is 0 Å². The van der Waals surface area contributed by atoms with Gasteiger partial charge in [-0.3, -0.25) is 4.79 Å². The zero-order valence-corrected chi connectivity index (χ0v) is 13.5. The first-order chi connectivity index (χ1) is 11.2. The maximum Gasteiger partial charge on any atom is 0.194 e. The lowest BCUT2D eigenvalue weighted by atomic mass is 9.76. The number of nitrogens with zero attached hydrogens (tertiary/aromatic N) is 2. The largest absolute Gasteiger partial charge is 0.497 e. The molecule has 0 aliphatic carbocycles. The third kappa shape index (κ3) is 2.18. The highest BCUT2D eigenvalue weighted by molar-refractivity contribution is 7.99. The van der Waals surface area contributed by atoms with Crippen LogP contribution in [0.1, 0.15) is 21.8 Å². The average molecular weight is 324 g/mol. The molecule has 5 heteroatoms. The number of hydrogen-bond acceptors (Lipinski definition) is 5. The lowest BCUT2D eigenvalue weighted by Gasteiger charge is -2.34. The fraction of sp³-hybridized carbons (Fsp3) is 0.278. The predicted molar refractivity (Wildman–Crippen MR) is 89.7 cm³/mol. The van der Waals surface area contributed by atoms with Gasteiger partial charge < -0.3 is 4.74 Å². The summed E-state index contributed by atoms with van der Waals surface area (Å²) in [4.78, 5) is 14.2. The monoisotopic (exact) mass is 324 g/mol. The van der Waals surface area contributed by atoms with Gasteiger partial charge in [-0.1, -0.05) is 30.3 Å². The van der Waals surface area contributed by atoms with Gasteiger partial charge in [-0.05, 0) is 23.8 Å². The maximum absolute atomic E-state index is 13.2. The Bertz CT molecular complexity index is 788. The molecule has 0 fully saturated rings. The summed E-state index contributed by atoms with van der Waals surface area (Å²) in [7, 11) is 1.65. The van der Waals surface area contributed by atoms with Crippen molar-refractivity contribution >= 4 is 17.5 Å². The second-order valence-electron chi connectivity index (χ2n) is 5.79. The van der Waals surface area contributed by atoms with Crippen LogP contribution in [0.2, 0.25) is 0 Å². The number of methoxy groups -OCH3 is 1. The average Bonchev–Trinajstić information content (AvgIpc) is 3.03. The van der Waals surface area contributed by atoms with Crippen LogP contribution in [0.5, 0.6) is 5.75 Å². The van der Waals surface area contributed by atoms with Crippen LogP contribution in [0.15, 0.2) is 63.7 Å². The molecule has 2 atom stereocenters. The summed E-state index contributed by atoms with van der Waals surface area (Å²) in [5.41, 5.74) is 1.08. The van der Waals surface area contributed by atoms with Crippen LogP contribution >= 0.6 is 11.8 Å². The minimum absolute atomic E-state index is 0.0123. The molecule has 4 rings (SSSR count). The molecule has 2 aliphatic heterocycles. The van der Waals surface area contributed by atoms with E-state index in [2.05, 4.69) is 10.2 Å². The highest BCUT2D eigenvalue weighted by atomic mass is 32.2. The summed E-state index contributed by atoms with van der Waals surface area (Å²) in [5, 5.41) is 8.67. The normalized spacial score (nSPS) is 25.6. The molecule has 0 saturated carbocycles. The fourth-order valence-electron chi connectivity index (χ4n) is 3.29. The van der Waals surface area contributed by atoms with Crippen LogP contribution in [0, 0.1) is 0 Å². The molecule has 0 bridgehead atoms. The topological polar surface area (TPSA) is 51.0 Å². The van der Waals surface area contributed by atoms with Crippen LogP contribution in [-0.4, -0.2) is 30.7 Å². The van der Waals surface area contributed by atoms with Crippen molar-refractivity contribution in [2.45, 2.75) is 16.4 Å². The van der Waals surface area contributed by atoms with Crippen molar-refractivity contribution in [1.29, 1.82) is 0 Å². The number of azo groups is 1. The molecule has 1 spiro atoms. The molecule has 2 heterocycles. The molecule has 2 aromatic rings. The molecule has 0 unspecified atom stereocenters. The maximum atomic E-state index is 13.2. The zero-order valence-electron chi connectivity index (χ0n) is 12.7. The first-order valence-corrected chi connectivity index (χ1v) is 8.52. The quantitative estimate of drug-likeness (QED) is 0.840. The van der Waals surface area contributed by atoms with Crippen molar-refractivity contribution in [3.05, 3.63) is 59.7 Å². The Balaban J connectivity index is 1.74. The van der Waals surface area contributed by atoms with E-state index in [1.165, 1.54) is 0 Å². The van der Waals surface area contributed by atoms with E-state index in [1.807, 2.05) is 48.5 Å². The Hall–Kier alpha value is -2.14. The molecule has 0 radical (unpaired) electrons. The lowest BCUT2D eigenvalue weighted by Crippen LogP contribution is -2.46. The minimum atomic E-state index is -0.770. The summed E-state index contributed by atoms with van der Waals surface area (Å²) >= 11 is 1.70. The van der Waals surface area contributed by atoms with Gasteiger partial charge in [-0.25, -0.2) is 0 Å². The second-order valence-corrected chi connectivity index (χ2v) is 6.81. The molecular formula is C18H16N2O2S. The van der Waals surface area contributed by atoms with E-state index in [1.54, 1.807) is 18.9 Å². The first kappa shape index (κ1) is 14.5.